The van der Waals surface area contributed by atoms with Crippen molar-refractivity contribution in [2.45, 2.75) is 24.6 Å². The van der Waals surface area contributed by atoms with E-state index < -0.39 is 0 Å². The van der Waals surface area contributed by atoms with Crippen LogP contribution in [0, 0.1) is 0 Å². The summed E-state index contributed by atoms with van der Waals surface area (Å²) in [5, 5.41) is 3.83. The number of thioether (sulfide) groups is 1. The van der Waals surface area contributed by atoms with Crippen LogP contribution in [-0.4, -0.2) is 11.1 Å². The van der Waals surface area contributed by atoms with Crippen LogP contribution in [0.15, 0.2) is 12.4 Å². The van der Waals surface area contributed by atoms with Gasteiger partial charge >= 0.3 is 0 Å². The van der Waals surface area contributed by atoms with Gasteiger partial charge in [0.1, 0.15) is 0 Å². The van der Waals surface area contributed by atoms with Crippen molar-refractivity contribution in [3.63, 3.8) is 0 Å². The van der Waals surface area contributed by atoms with E-state index in [1.165, 1.54) is 25.0 Å². The molecule has 1 unspecified atom stereocenters. The molecular formula is C7H14N2S. The van der Waals surface area contributed by atoms with E-state index in [1.807, 2.05) is 18.0 Å². The van der Waals surface area contributed by atoms with E-state index >= 15 is 0 Å². The molecule has 0 aromatic carbocycles. The molecule has 2 nitrogen and oxygen atoms in total. The van der Waals surface area contributed by atoms with Crippen molar-refractivity contribution >= 4 is 11.8 Å². The highest BCUT2D eigenvalue weighted by Crippen LogP contribution is 2.22. The Balaban J connectivity index is 2.13. The molecule has 1 aliphatic rings. The van der Waals surface area contributed by atoms with Crippen molar-refractivity contribution < 1.29 is 0 Å². The lowest BCUT2D eigenvalue weighted by Crippen LogP contribution is -2.23. The average Bonchev–Trinajstić information content (AvgIpc) is 2.03. The first-order valence-corrected chi connectivity index (χ1v) is 4.73. The zero-order valence-electron chi connectivity index (χ0n) is 6.05. The van der Waals surface area contributed by atoms with Gasteiger partial charge < -0.3 is 11.1 Å². The number of hydrogen-bond acceptors (Lipinski definition) is 3. The summed E-state index contributed by atoms with van der Waals surface area (Å²) in [5.41, 5.74) is 5.19. The zero-order chi connectivity index (χ0) is 7.23. The minimum Gasteiger partial charge on any atom is -0.403 e. The number of nitrogens with one attached hydrogen (secondary N) is 1. The molecule has 1 saturated heterocycles. The highest BCUT2D eigenvalue weighted by molar-refractivity contribution is 7.99. The molecule has 0 bridgehead atoms. The third kappa shape index (κ3) is 2.52. The predicted molar refractivity (Wildman–Crippen MR) is 46.6 cm³/mol. The summed E-state index contributed by atoms with van der Waals surface area (Å²) >= 11 is 1.99. The summed E-state index contributed by atoms with van der Waals surface area (Å²) in [7, 11) is 0. The minimum absolute atomic E-state index is 0.605. The van der Waals surface area contributed by atoms with Crippen molar-refractivity contribution in [1.29, 1.82) is 0 Å². The Morgan fingerprint density at radius 1 is 1.50 bits per heavy atom. The molecular weight excluding hydrogens is 144 g/mol. The number of hydrogen-bond donors (Lipinski definition) is 2. The van der Waals surface area contributed by atoms with Gasteiger partial charge in [-0.05, 0) is 25.0 Å². The van der Waals surface area contributed by atoms with Gasteiger partial charge in [-0.2, -0.15) is 0 Å². The molecule has 58 valence electrons. The molecule has 1 atom stereocenters. The van der Waals surface area contributed by atoms with Crippen LogP contribution in [0.3, 0.4) is 0 Å². The molecule has 0 aliphatic carbocycles. The molecule has 0 amide bonds. The number of nitrogens with two attached hydrogens (primary N) is 1. The second kappa shape index (κ2) is 4.50. The summed E-state index contributed by atoms with van der Waals surface area (Å²) in [6.07, 6.45) is 7.37. The normalized spacial score (nSPS) is 27.0. The van der Waals surface area contributed by atoms with E-state index in [0.717, 1.165) is 0 Å². The maximum atomic E-state index is 5.19. The third-order valence-electron chi connectivity index (χ3n) is 1.56. The molecule has 0 spiro atoms. The number of rotatable bonds is 2. The van der Waals surface area contributed by atoms with Gasteiger partial charge in [-0.3, -0.25) is 0 Å². The highest BCUT2D eigenvalue weighted by Gasteiger charge is 2.10. The third-order valence-corrected chi connectivity index (χ3v) is 2.86. The van der Waals surface area contributed by atoms with Gasteiger partial charge in [-0.25, -0.2) is 0 Å². The van der Waals surface area contributed by atoms with Gasteiger partial charge in [0.2, 0.25) is 0 Å². The van der Waals surface area contributed by atoms with Crippen molar-refractivity contribution in [1.82, 2.24) is 5.32 Å². The molecule has 0 radical (unpaired) electrons. The standard InChI is InChI=1S/C7H14N2S/c8-4-5-9-7-3-1-2-6-10-7/h4-5,7,9H,1-3,6,8H2/b5-4-. The van der Waals surface area contributed by atoms with E-state index in [2.05, 4.69) is 5.32 Å². The Labute approximate surface area is 66.2 Å². The lowest BCUT2D eigenvalue weighted by Gasteiger charge is -2.20. The zero-order valence-corrected chi connectivity index (χ0v) is 6.86. The van der Waals surface area contributed by atoms with Gasteiger partial charge in [0.15, 0.2) is 0 Å². The largest absolute Gasteiger partial charge is 0.403 e. The summed E-state index contributed by atoms with van der Waals surface area (Å²) in [6.45, 7) is 0. The van der Waals surface area contributed by atoms with Gasteiger partial charge in [0.05, 0.1) is 5.37 Å². The van der Waals surface area contributed by atoms with Crippen molar-refractivity contribution in [2.24, 2.45) is 5.73 Å². The van der Waals surface area contributed by atoms with E-state index in [1.54, 1.807) is 6.20 Å². The smallest absolute Gasteiger partial charge is 0.0718 e. The molecule has 0 saturated carbocycles. The molecule has 1 heterocycles. The first-order valence-electron chi connectivity index (χ1n) is 3.68. The fourth-order valence-electron chi connectivity index (χ4n) is 1.04. The van der Waals surface area contributed by atoms with E-state index in [4.69, 9.17) is 5.73 Å². The predicted octanol–water partition coefficient (Wildman–Crippen LogP) is 1.25. The van der Waals surface area contributed by atoms with Crippen LogP contribution in [0.2, 0.25) is 0 Å². The Morgan fingerprint density at radius 2 is 2.40 bits per heavy atom. The maximum Gasteiger partial charge on any atom is 0.0718 e. The molecule has 1 aliphatic heterocycles. The lowest BCUT2D eigenvalue weighted by molar-refractivity contribution is 0.628. The Bertz CT molecular complexity index is 108. The van der Waals surface area contributed by atoms with Gasteiger partial charge in [-0.1, -0.05) is 0 Å². The average molecular weight is 158 g/mol. The molecule has 10 heavy (non-hydrogen) atoms. The lowest BCUT2D eigenvalue weighted by atomic mass is 10.2. The van der Waals surface area contributed by atoms with Crippen molar-refractivity contribution in [3.8, 4) is 0 Å². The quantitative estimate of drug-likeness (QED) is 0.635. The van der Waals surface area contributed by atoms with Crippen LogP contribution in [0.4, 0.5) is 0 Å². The van der Waals surface area contributed by atoms with Crippen molar-refractivity contribution in [3.05, 3.63) is 12.4 Å². The summed E-state index contributed by atoms with van der Waals surface area (Å²) in [5.74, 6) is 1.29. The molecule has 0 aromatic heterocycles. The molecule has 0 aromatic rings. The van der Waals surface area contributed by atoms with Crippen molar-refractivity contribution in [2.75, 3.05) is 5.75 Å². The maximum absolute atomic E-state index is 5.19. The van der Waals surface area contributed by atoms with Crippen LogP contribution in [0.25, 0.3) is 0 Å². The Morgan fingerprint density at radius 3 is 3.00 bits per heavy atom. The SMILES string of the molecule is N/C=C\NC1CCCCS1. The fraction of sp³-hybridized carbons (Fsp3) is 0.714. The second-order valence-electron chi connectivity index (χ2n) is 2.38. The van der Waals surface area contributed by atoms with Crippen LogP contribution in [0.1, 0.15) is 19.3 Å². The summed E-state index contributed by atoms with van der Waals surface area (Å²) < 4.78 is 0. The van der Waals surface area contributed by atoms with Gasteiger partial charge in [-0.15, -0.1) is 11.8 Å². The second-order valence-corrected chi connectivity index (χ2v) is 3.69. The van der Waals surface area contributed by atoms with Crippen LogP contribution < -0.4 is 11.1 Å². The first kappa shape index (κ1) is 7.79. The van der Waals surface area contributed by atoms with E-state index in [-0.39, 0.29) is 0 Å². The Hall–Kier alpha value is -0.310. The topological polar surface area (TPSA) is 38.0 Å². The summed E-state index contributed by atoms with van der Waals surface area (Å²) in [4.78, 5) is 0. The van der Waals surface area contributed by atoms with Gasteiger partial charge in [0, 0.05) is 12.4 Å². The Kier molecular flexibility index (Phi) is 3.50. The van der Waals surface area contributed by atoms with Crippen LogP contribution >= 0.6 is 11.8 Å². The molecule has 1 fully saturated rings. The van der Waals surface area contributed by atoms with Crippen LogP contribution in [0.5, 0.6) is 0 Å². The molecule has 1 rings (SSSR count). The summed E-state index contributed by atoms with van der Waals surface area (Å²) in [6, 6.07) is 0. The molecule has 3 N–H and O–H groups in total. The van der Waals surface area contributed by atoms with E-state index in [0.29, 0.717) is 5.37 Å². The van der Waals surface area contributed by atoms with Gasteiger partial charge in [0.25, 0.3) is 0 Å². The monoisotopic (exact) mass is 158 g/mol. The molecule has 3 heteroatoms. The first-order chi connectivity index (χ1) is 4.93. The fourth-order valence-corrected chi connectivity index (χ4v) is 2.20. The minimum atomic E-state index is 0.605. The van der Waals surface area contributed by atoms with Crippen LogP contribution in [-0.2, 0) is 0 Å². The highest BCUT2D eigenvalue weighted by atomic mass is 32.2. The van der Waals surface area contributed by atoms with E-state index in [9.17, 15) is 0 Å².